The van der Waals surface area contributed by atoms with E-state index in [-0.39, 0.29) is 13.0 Å². The van der Waals surface area contributed by atoms with Crippen molar-refractivity contribution in [1.29, 1.82) is 0 Å². The Bertz CT molecular complexity index is 240. The van der Waals surface area contributed by atoms with Crippen LogP contribution in [0.1, 0.15) is 26.7 Å². The average Bonchev–Trinajstić information content (AvgIpc) is 2.01. The van der Waals surface area contributed by atoms with Crippen molar-refractivity contribution in [3.63, 3.8) is 0 Å². The van der Waals surface area contributed by atoms with E-state index in [1.54, 1.807) is 0 Å². The zero-order valence-electron chi connectivity index (χ0n) is 8.63. The summed E-state index contributed by atoms with van der Waals surface area (Å²) in [6, 6.07) is 0. The molecule has 0 saturated carbocycles. The zero-order valence-corrected chi connectivity index (χ0v) is 8.63. The molecule has 0 aromatic heterocycles. The molecule has 0 bridgehead atoms. The number of esters is 1. The van der Waals surface area contributed by atoms with Crippen molar-refractivity contribution < 1.29 is 28.2 Å². The maximum absolute atomic E-state index is 13.2. The number of halogens is 2. The number of ether oxygens (including phenoxy) is 1. The molecule has 4 nitrogen and oxygen atoms in total. The van der Waals surface area contributed by atoms with Crippen LogP contribution in [0, 0.1) is 5.92 Å². The van der Waals surface area contributed by atoms with E-state index in [2.05, 4.69) is 4.74 Å². The Balaban J connectivity index is 4.63. The van der Waals surface area contributed by atoms with Gasteiger partial charge in [-0.25, -0.2) is 8.78 Å². The van der Waals surface area contributed by atoms with Crippen molar-refractivity contribution in [2.45, 2.75) is 32.6 Å². The first-order chi connectivity index (χ1) is 6.85. The molecule has 0 amide bonds. The molecule has 0 aliphatic rings. The fourth-order valence-corrected chi connectivity index (χ4v) is 1.21. The number of alkyl halides is 2. The van der Waals surface area contributed by atoms with Crippen LogP contribution in [0.5, 0.6) is 0 Å². The predicted molar refractivity (Wildman–Crippen MR) is 47.6 cm³/mol. The maximum Gasteiger partial charge on any atom is 0.315 e. The second-order valence-electron chi connectivity index (χ2n) is 3.04. The van der Waals surface area contributed by atoms with Crippen LogP contribution in [0.15, 0.2) is 0 Å². The van der Waals surface area contributed by atoms with E-state index in [1.165, 1.54) is 13.8 Å². The molecule has 0 saturated heterocycles. The van der Waals surface area contributed by atoms with Gasteiger partial charge in [-0.05, 0) is 13.3 Å². The minimum absolute atomic E-state index is 0.00150. The van der Waals surface area contributed by atoms with Gasteiger partial charge in [0.15, 0.2) is 0 Å². The highest BCUT2D eigenvalue weighted by Crippen LogP contribution is 2.31. The van der Waals surface area contributed by atoms with Crippen LogP contribution in [-0.2, 0) is 14.3 Å². The molecule has 0 aromatic rings. The van der Waals surface area contributed by atoms with Gasteiger partial charge in [0, 0.05) is 0 Å². The Morgan fingerprint density at radius 3 is 2.27 bits per heavy atom. The number of carbonyl (C=O) groups is 2. The Hall–Kier alpha value is -1.20. The van der Waals surface area contributed by atoms with Gasteiger partial charge in [0.05, 0.1) is 6.61 Å². The quantitative estimate of drug-likeness (QED) is 0.697. The Labute approximate surface area is 86.2 Å². The lowest BCUT2D eigenvalue weighted by atomic mass is 9.96. The monoisotopic (exact) mass is 224 g/mol. The van der Waals surface area contributed by atoms with Gasteiger partial charge in [0.2, 0.25) is 0 Å². The summed E-state index contributed by atoms with van der Waals surface area (Å²) in [6.07, 6.45) is -1.51. The second kappa shape index (κ2) is 5.63. The average molecular weight is 224 g/mol. The molecule has 0 fully saturated rings. The summed E-state index contributed by atoms with van der Waals surface area (Å²) in [5.74, 6) is -7.94. The third-order valence-electron chi connectivity index (χ3n) is 1.88. The lowest BCUT2D eigenvalue weighted by Crippen LogP contribution is -2.37. The standard InChI is InChI=1S/C9H14F2O4/c1-3-6(8(14)15-4-2)9(10,11)5-7(12)13/h6H,3-5H2,1-2H3,(H,12,13). The number of carboxylic acids is 1. The largest absolute Gasteiger partial charge is 0.481 e. The molecule has 0 spiro atoms. The number of hydrogen-bond donors (Lipinski definition) is 1. The van der Waals surface area contributed by atoms with Gasteiger partial charge < -0.3 is 9.84 Å². The van der Waals surface area contributed by atoms with E-state index >= 15 is 0 Å². The van der Waals surface area contributed by atoms with Gasteiger partial charge in [0.25, 0.3) is 5.92 Å². The number of rotatable bonds is 6. The molecule has 15 heavy (non-hydrogen) atoms. The summed E-state index contributed by atoms with van der Waals surface area (Å²) in [7, 11) is 0. The maximum atomic E-state index is 13.2. The third kappa shape index (κ3) is 4.22. The molecule has 0 aromatic carbocycles. The summed E-state index contributed by atoms with van der Waals surface area (Å²) in [6.45, 7) is 2.88. The number of carboxylic acid groups (broad SMARTS) is 1. The molecule has 1 atom stereocenters. The van der Waals surface area contributed by atoms with Crippen LogP contribution >= 0.6 is 0 Å². The van der Waals surface area contributed by atoms with E-state index in [0.29, 0.717) is 0 Å². The highest BCUT2D eigenvalue weighted by Gasteiger charge is 2.45. The van der Waals surface area contributed by atoms with E-state index in [1.807, 2.05) is 0 Å². The van der Waals surface area contributed by atoms with Crippen LogP contribution in [-0.4, -0.2) is 29.6 Å². The summed E-state index contributed by atoms with van der Waals surface area (Å²) < 4.78 is 30.9. The fourth-order valence-electron chi connectivity index (χ4n) is 1.21. The number of aliphatic carboxylic acids is 1. The molecule has 88 valence electrons. The highest BCUT2D eigenvalue weighted by molar-refractivity contribution is 5.75. The molecule has 0 aliphatic carbocycles. The minimum atomic E-state index is -3.56. The molecule has 0 radical (unpaired) electrons. The van der Waals surface area contributed by atoms with Gasteiger partial charge in [-0.15, -0.1) is 0 Å². The Kier molecular flexibility index (Phi) is 5.18. The summed E-state index contributed by atoms with van der Waals surface area (Å²) >= 11 is 0. The van der Waals surface area contributed by atoms with Gasteiger partial charge in [-0.3, -0.25) is 9.59 Å². The highest BCUT2D eigenvalue weighted by atomic mass is 19.3. The van der Waals surface area contributed by atoms with E-state index in [9.17, 15) is 18.4 Å². The number of hydrogen-bond acceptors (Lipinski definition) is 3. The molecule has 1 unspecified atom stereocenters. The Morgan fingerprint density at radius 2 is 1.93 bits per heavy atom. The molecule has 0 heterocycles. The predicted octanol–water partition coefficient (Wildman–Crippen LogP) is 1.69. The first-order valence-electron chi connectivity index (χ1n) is 4.61. The van der Waals surface area contributed by atoms with Crippen molar-refractivity contribution in [1.82, 2.24) is 0 Å². The smallest absolute Gasteiger partial charge is 0.315 e. The van der Waals surface area contributed by atoms with Crippen molar-refractivity contribution in [3.8, 4) is 0 Å². The molecule has 0 rings (SSSR count). The van der Waals surface area contributed by atoms with Crippen molar-refractivity contribution in [2.24, 2.45) is 5.92 Å². The van der Waals surface area contributed by atoms with Crippen LogP contribution in [0.4, 0.5) is 8.78 Å². The molecular weight excluding hydrogens is 210 g/mol. The van der Waals surface area contributed by atoms with E-state index in [4.69, 9.17) is 5.11 Å². The molecule has 6 heteroatoms. The van der Waals surface area contributed by atoms with E-state index in [0.717, 1.165) is 0 Å². The zero-order chi connectivity index (χ0) is 12.1. The van der Waals surface area contributed by atoms with Crippen LogP contribution in [0.3, 0.4) is 0 Å². The molecular formula is C9H14F2O4. The molecule has 1 N–H and O–H groups in total. The SMILES string of the molecule is CCOC(=O)C(CC)C(F)(F)CC(=O)O. The van der Waals surface area contributed by atoms with Gasteiger partial charge in [-0.1, -0.05) is 6.92 Å². The minimum Gasteiger partial charge on any atom is -0.481 e. The Morgan fingerprint density at radius 1 is 1.40 bits per heavy atom. The fraction of sp³-hybridized carbons (Fsp3) is 0.778. The van der Waals surface area contributed by atoms with Crippen molar-refractivity contribution >= 4 is 11.9 Å². The summed E-state index contributed by atoms with van der Waals surface area (Å²) in [5, 5.41) is 8.27. The first kappa shape index (κ1) is 13.8. The summed E-state index contributed by atoms with van der Waals surface area (Å²) in [5.41, 5.74) is 0. The van der Waals surface area contributed by atoms with Gasteiger partial charge >= 0.3 is 11.9 Å². The van der Waals surface area contributed by atoms with Gasteiger partial charge in [-0.2, -0.15) is 0 Å². The van der Waals surface area contributed by atoms with Crippen LogP contribution in [0.25, 0.3) is 0 Å². The second-order valence-corrected chi connectivity index (χ2v) is 3.04. The molecule has 0 aliphatic heterocycles. The van der Waals surface area contributed by atoms with Crippen LogP contribution < -0.4 is 0 Å². The lowest BCUT2D eigenvalue weighted by Gasteiger charge is -2.22. The third-order valence-corrected chi connectivity index (χ3v) is 1.88. The first-order valence-corrected chi connectivity index (χ1v) is 4.61. The van der Waals surface area contributed by atoms with Crippen molar-refractivity contribution in [3.05, 3.63) is 0 Å². The van der Waals surface area contributed by atoms with Crippen LogP contribution in [0.2, 0.25) is 0 Å². The number of carbonyl (C=O) groups excluding carboxylic acids is 1. The van der Waals surface area contributed by atoms with E-state index < -0.39 is 30.2 Å². The normalized spacial score (nSPS) is 13.3. The lowest BCUT2D eigenvalue weighted by molar-refractivity contribution is -0.168. The van der Waals surface area contributed by atoms with Gasteiger partial charge in [0.1, 0.15) is 12.3 Å². The summed E-state index contributed by atoms with van der Waals surface area (Å²) in [4.78, 5) is 21.3. The van der Waals surface area contributed by atoms with Crippen molar-refractivity contribution in [2.75, 3.05) is 6.61 Å². The topological polar surface area (TPSA) is 63.6 Å².